The summed E-state index contributed by atoms with van der Waals surface area (Å²) in [6.45, 7) is 6.00. The van der Waals surface area contributed by atoms with Gasteiger partial charge in [0.05, 0.1) is 17.2 Å². The number of thiazole rings is 1. The Morgan fingerprint density at radius 1 is 1.39 bits per heavy atom. The number of aryl methyl sites for hydroxylation is 1. The second-order valence-electron chi connectivity index (χ2n) is 4.47. The Labute approximate surface area is 110 Å². The lowest BCUT2D eigenvalue weighted by molar-refractivity contribution is -0.132. The molecule has 6 heteroatoms. The van der Waals surface area contributed by atoms with Crippen LogP contribution in [0.1, 0.15) is 37.4 Å². The number of hydrogen-bond donors (Lipinski definition) is 1. The lowest BCUT2D eigenvalue weighted by atomic mass is 9.93. The van der Waals surface area contributed by atoms with Crippen LogP contribution in [0.25, 0.3) is 0 Å². The monoisotopic (exact) mass is 267 g/mol. The number of aromatic nitrogens is 1. The van der Waals surface area contributed by atoms with E-state index in [1.807, 2.05) is 26.2 Å². The third kappa shape index (κ3) is 2.01. The van der Waals surface area contributed by atoms with Gasteiger partial charge in [0.15, 0.2) is 0 Å². The number of carbonyl (C=O) groups excluding carboxylic acids is 2. The van der Waals surface area contributed by atoms with Crippen LogP contribution in [-0.2, 0) is 11.3 Å². The summed E-state index contributed by atoms with van der Waals surface area (Å²) in [6.07, 6.45) is 1.22. The zero-order valence-electron chi connectivity index (χ0n) is 10.8. The van der Waals surface area contributed by atoms with Crippen molar-refractivity contribution in [2.45, 2.75) is 45.7 Å². The summed E-state index contributed by atoms with van der Waals surface area (Å²) in [7, 11) is 0. The van der Waals surface area contributed by atoms with Crippen molar-refractivity contribution in [2.75, 3.05) is 0 Å². The van der Waals surface area contributed by atoms with Crippen LogP contribution in [0.4, 0.5) is 4.79 Å². The van der Waals surface area contributed by atoms with E-state index in [1.165, 1.54) is 16.2 Å². The van der Waals surface area contributed by atoms with Crippen LogP contribution in [0, 0.1) is 6.92 Å². The molecule has 3 amide bonds. The summed E-state index contributed by atoms with van der Waals surface area (Å²) in [6, 6.07) is -0.311. The molecule has 0 aliphatic carbocycles. The van der Waals surface area contributed by atoms with Crippen LogP contribution in [-0.4, -0.2) is 27.4 Å². The van der Waals surface area contributed by atoms with E-state index in [-0.39, 0.29) is 18.5 Å². The van der Waals surface area contributed by atoms with Crippen LogP contribution in [0.15, 0.2) is 5.38 Å². The minimum Gasteiger partial charge on any atom is -0.323 e. The standard InChI is InChI=1S/C12H17N3O2S/c1-4-12(5-2)10(16)15(11(17)14-12)6-9-7-18-8(3)13-9/h7H,4-6H2,1-3H3,(H,14,17). The van der Waals surface area contributed by atoms with Gasteiger partial charge >= 0.3 is 6.03 Å². The van der Waals surface area contributed by atoms with E-state index in [4.69, 9.17) is 0 Å². The quantitative estimate of drug-likeness (QED) is 0.849. The Morgan fingerprint density at radius 3 is 2.50 bits per heavy atom. The van der Waals surface area contributed by atoms with Crippen molar-refractivity contribution in [1.29, 1.82) is 0 Å². The second-order valence-corrected chi connectivity index (χ2v) is 5.53. The smallest absolute Gasteiger partial charge is 0.323 e. The van der Waals surface area contributed by atoms with Gasteiger partial charge in [-0.1, -0.05) is 13.8 Å². The van der Waals surface area contributed by atoms with E-state index in [0.29, 0.717) is 12.8 Å². The SMILES string of the molecule is CCC1(CC)NC(=O)N(Cc2csc(C)n2)C1=O. The number of hydrogen-bond acceptors (Lipinski definition) is 4. The average Bonchev–Trinajstić information content (AvgIpc) is 2.86. The molecule has 0 unspecified atom stereocenters. The zero-order chi connectivity index (χ0) is 13.3. The Balaban J connectivity index is 2.19. The maximum atomic E-state index is 12.3. The molecule has 1 saturated heterocycles. The zero-order valence-corrected chi connectivity index (χ0v) is 11.6. The Hall–Kier alpha value is -1.43. The van der Waals surface area contributed by atoms with E-state index in [9.17, 15) is 9.59 Å². The molecular formula is C12H17N3O2S. The van der Waals surface area contributed by atoms with Gasteiger partial charge in [-0.2, -0.15) is 0 Å². The van der Waals surface area contributed by atoms with Crippen LogP contribution in [0.2, 0.25) is 0 Å². The van der Waals surface area contributed by atoms with E-state index in [0.717, 1.165) is 10.7 Å². The number of imide groups is 1. The van der Waals surface area contributed by atoms with Crippen molar-refractivity contribution < 1.29 is 9.59 Å². The van der Waals surface area contributed by atoms with Gasteiger partial charge in [0.2, 0.25) is 0 Å². The fourth-order valence-electron chi connectivity index (χ4n) is 2.19. The molecule has 0 spiro atoms. The number of nitrogens with one attached hydrogen (secondary N) is 1. The van der Waals surface area contributed by atoms with Gasteiger partial charge < -0.3 is 5.32 Å². The molecular weight excluding hydrogens is 250 g/mol. The van der Waals surface area contributed by atoms with Crippen LogP contribution in [0.3, 0.4) is 0 Å². The first-order valence-electron chi connectivity index (χ1n) is 6.07. The van der Waals surface area contributed by atoms with Crippen molar-refractivity contribution in [3.8, 4) is 0 Å². The molecule has 0 bridgehead atoms. The highest BCUT2D eigenvalue weighted by atomic mass is 32.1. The molecule has 5 nitrogen and oxygen atoms in total. The molecule has 2 rings (SSSR count). The predicted octanol–water partition coefficient (Wildman–Crippen LogP) is 2.06. The van der Waals surface area contributed by atoms with Crippen molar-refractivity contribution in [2.24, 2.45) is 0 Å². The van der Waals surface area contributed by atoms with E-state index in [2.05, 4.69) is 10.3 Å². The Bertz CT molecular complexity index is 479. The highest BCUT2D eigenvalue weighted by molar-refractivity contribution is 7.09. The number of nitrogens with zero attached hydrogens (tertiary/aromatic N) is 2. The lowest BCUT2D eigenvalue weighted by Crippen LogP contribution is -2.45. The summed E-state index contributed by atoms with van der Waals surface area (Å²) >= 11 is 1.52. The Kier molecular flexibility index (Phi) is 3.38. The number of amides is 3. The molecule has 98 valence electrons. The predicted molar refractivity (Wildman–Crippen MR) is 69.2 cm³/mol. The van der Waals surface area contributed by atoms with Gasteiger partial charge in [-0.15, -0.1) is 11.3 Å². The van der Waals surface area contributed by atoms with Gasteiger partial charge in [-0.05, 0) is 19.8 Å². The molecule has 0 saturated carbocycles. The number of rotatable bonds is 4. The minimum atomic E-state index is -0.720. The van der Waals surface area contributed by atoms with Crippen molar-refractivity contribution >= 4 is 23.3 Å². The van der Waals surface area contributed by atoms with Gasteiger partial charge in [-0.3, -0.25) is 9.69 Å². The van der Waals surface area contributed by atoms with E-state index in [1.54, 1.807) is 0 Å². The molecule has 1 fully saturated rings. The Morgan fingerprint density at radius 2 is 2.06 bits per heavy atom. The first-order valence-corrected chi connectivity index (χ1v) is 6.95. The maximum absolute atomic E-state index is 12.3. The van der Waals surface area contributed by atoms with Gasteiger partial charge in [0, 0.05) is 5.38 Å². The molecule has 1 aliphatic rings. The molecule has 1 aromatic rings. The van der Waals surface area contributed by atoms with Crippen LogP contribution >= 0.6 is 11.3 Å². The summed E-state index contributed by atoms with van der Waals surface area (Å²) in [5.74, 6) is -0.136. The molecule has 1 aliphatic heterocycles. The van der Waals surface area contributed by atoms with Gasteiger partial charge in [0.1, 0.15) is 5.54 Å². The average molecular weight is 267 g/mol. The molecule has 2 heterocycles. The summed E-state index contributed by atoms with van der Waals surface area (Å²) in [5.41, 5.74) is 0.0475. The fourth-order valence-corrected chi connectivity index (χ4v) is 2.80. The van der Waals surface area contributed by atoms with Gasteiger partial charge in [0.25, 0.3) is 5.91 Å². The largest absolute Gasteiger partial charge is 0.325 e. The summed E-state index contributed by atoms with van der Waals surface area (Å²) < 4.78 is 0. The normalized spacial score (nSPS) is 18.3. The molecule has 0 atom stereocenters. The molecule has 18 heavy (non-hydrogen) atoms. The minimum absolute atomic E-state index is 0.136. The highest BCUT2D eigenvalue weighted by Gasteiger charge is 2.48. The maximum Gasteiger partial charge on any atom is 0.325 e. The van der Waals surface area contributed by atoms with Crippen LogP contribution < -0.4 is 5.32 Å². The van der Waals surface area contributed by atoms with Crippen LogP contribution in [0.5, 0.6) is 0 Å². The third-order valence-electron chi connectivity index (χ3n) is 3.44. The first kappa shape index (κ1) is 13.0. The second kappa shape index (κ2) is 4.68. The molecule has 1 N–H and O–H groups in total. The molecule has 1 aromatic heterocycles. The van der Waals surface area contributed by atoms with Gasteiger partial charge in [-0.25, -0.2) is 9.78 Å². The third-order valence-corrected chi connectivity index (χ3v) is 4.26. The lowest BCUT2D eigenvalue weighted by Gasteiger charge is -2.22. The fraction of sp³-hybridized carbons (Fsp3) is 0.583. The molecule has 0 radical (unpaired) electrons. The van der Waals surface area contributed by atoms with E-state index < -0.39 is 5.54 Å². The van der Waals surface area contributed by atoms with Crippen molar-refractivity contribution in [3.05, 3.63) is 16.1 Å². The topological polar surface area (TPSA) is 62.3 Å². The van der Waals surface area contributed by atoms with E-state index >= 15 is 0 Å². The van der Waals surface area contributed by atoms with Crippen molar-refractivity contribution in [1.82, 2.24) is 15.2 Å². The highest BCUT2D eigenvalue weighted by Crippen LogP contribution is 2.26. The summed E-state index contributed by atoms with van der Waals surface area (Å²) in [4.78, 5) is 29.8. The first-order chi connectivity index (χ1) is 8.52. The summed E-state index contributed by atoms with van der Waals surface area (Å²) in [5, 5.41) is 5.63. The number of carbonyl (C=O) groups is 2. The number of urea groups is 1. The molecule has 0 aromatic carbocycles. The van der Waals surface area contributed by atoms with Crippen molar-refractivity contribution in [3.63, 3.8) is 0 Å².